The molecular weight excluding hydrogens is 492 g/mol. The third-order valence-electron chi connectivity index (χ3n) is 6.24. The zero-order chi connectivity index (χ0) is 26.9. The zero-order valence-corrected chi connectivity index (χ0v) is 21.3. The second kappa shape index (κ2) is 13.4. The summed E-state index contributed by atoms with van der Waals surface area (Å²) in [7, 11) is 3.17. The summed E-state index contributed by atoms with van der Waals surface area (Å²) >= 11 is 0. The fourth-order valence-corrected chi connectivity index (χ4v) is 4.15. The van der Waals surface area contributed by atoms with E-state index in [1.54, 1.807) is 56.7 Å². The van der Waals surface area contributed by atoms with Crippen molar-refractivity contribution in [1.29, 1.82) is 0 Å². The van der Waals surface area contributed by atoms with Gasteiger partial charge in [-0.15, -0.1) is 0 Å². The fraction of sp³-hybridized carbons (Fsp3) is 0.345. The van der Waals surface area contributed by atoms with Crippen LogP contribution in [0.1, 0.15) is 21.5 Å². The Labute approximate surface area is 221 Å². The number of carbonyl (C=O) groups excluding carboxylic acids is 1. The highest BCUT2D eigenvalue weighted by molar-refractivity contribution is 5.89. The maximum Gasteiger partial charge on any atom is 0.338 e. The van der Waals surface area contributed by atoms with Gasteiger partial charge in [-0.3, -0.25) is 0 Å². The number of hydrogen-bond acceptors (Lipinski definition) is 9. The molecule has 0 unspecified atom stereocenters. The van der Waals surface area contributed by atoms with Crippen LogP contribution in [0.5, 0.6) is 11.5 Å². The number of hydrogen-bond donors (Lipinski definition) is 2. The first-order chi connectivity index (χ1) is 18.5. The average molecular weight is 525 g/mol. The summed E-state index contributed by atoms with van der Waals surface area (Å²) in [5.74, 6) is 0.762. The summed E-state index contributed by atoms with van der Waals surface area (Å²) in [5.41, 5.74) is 1.99. The van der Waals surface area contributed by atoms with Crippen LogP contribution in [0.3, 0.4) is 0 Å². The topological polar surface area (TPSA) is 113 Å². The first-order valence-corrected chi connectivity index (χ1v) is 12.2. The molecule has 2 N–H and O–H groups in total. The van der Waals surface area contributed by atoms with Crippen molar-refractivity contribution in [2.45, 2.75) is 43.9 Å². The normalized spacial score (nSPS) is 23.0. The van der Waals surface area contributed by atoms with Crippen LogP contribution in [-0.2, 0) is 32.2 Å². The van der Waals surface area contributed by atoms with Gasteiger partial charge >= 0.3 is 5.97 Å². The molecule has 1 aliphatic rings. The van der Waals surface area contributed by atoms with Crippen molar-refractivity contribution in [2.75, 3.05) is 20.8 Å². The van der Waals surface area contributed by atoms with E-state index in [1.807, 2.05) is 36.4 Å². The number of esters is 1. The van der Waals surface area contributed by atoms with E-state index < -0.39 is 43.3 Å². The van der Waals surface area contributed by atoms with Crippen LogP contribution in [0, 0.1) is 0 Å². The maximum atomic E-state index is 12.9. The van der Waals surface area contributed by atoms with Crippen molar-refractivity contribution in [3.05, 3.63) is 95.6 Å². The Hall–Kier alpha value is -3.47. The van der Waals surface area contributed by atoms with Gasteiger partial charge in [-0.25, -0.2) is 4.79 Å². The lowest BCUT2D eigenvalue weighted by atomic mass is 9.98. The molecule has 0 amide bonds. The third-order valence-corrected chi connectivity index (χ3v) is 6.24. The quantitative estimate of drug-likeness (QED) is 0.365. The summed E-state index contributed by atoms with van der Waals surface area (Å²) in [5, 5.41) is 20.8. The van der Waals surface area contributed by atoms with Crippen LogP contribution in [0.15, 0.2) is 78.9 Å². The Morgan fingerprint density at radius 3 is 1.79 bits per heavy atom. The van der Waals surface area contributed by atoms with Crippen LogP contribution in [-0.4, -0.2) is 67.7 Å². The highest BCUT2D eigenvalue weighted by Crippen LogP contribution is 2.30. The number of rotatable bonds is 11. The van der Waals surface area contributed by atoms with Crippen LogP contribution in [0.4, 0.5) is 0 Å². The number of aliphatic hydroxyl groups excluding tert-OH is 2. The minimum absolute atomic E-state index is 0.126. The molecule has 0 aliphatic carbocycles. The van der Waals surface area contributed by atoms with Gasteiger partial charge in [-0.05, 0) is 47.5 Å². The largest absolute Gasteiger partial charge is 0.497 e. The lowest BCUT2D eigenvalue weighted by Gasteiger charge is -2.43. The highest BCUT2D eigenvalue weighted by atomic mass is 16.7. The summed E-state index contributed by atoms with van der Waals surface area (Å²) < 4.78 is 34.1. The van der Waals surface area contributed by atoms with E-state index >= 15 is 0 Å². The summed E-state index contributed by atoms with van der Waals surface area (Å²) in [6, 6.07) is 23.1. The molecule has 3 aromatic carbocycles. The molecule has 0 radical (unpaired) electrons. The minimum Gasteiger partial charge on any atom is -0.497 e. The van der Waals surface area contributed by atoms with Crippen LogP contribution < -0.4 is 9.47 Å². The SMILES string of the molecule is COc1ccc(CO[C@@H]2[C@@H](OC(=O)c3ccccc3)[C@H](O)O[C@H](CO)[C@H]2OCc2ccc(OC)cc2)cc1. The van der Waals surface area contributed by atoms with E-state index in [4.69, 9.17) is 28.4 Å². The number of ether oxygens (including phenoxy) is 6. The smallest absolute Gasteiger partial charge is 0.338 e. The molecule has 0 saturated carbocycles. The number of carbonyl (C=O) groups is 1. The van der Waals surface area contributed by atoms with Gasteiger partial charge < -0.3 is 38.6 Å². The molecule has 0 bridgehead atoms. The van der Waals surface area contributed by atoms with Crippen LogP contribution >= 0.6 is 0 Å². The molecule has 5 atom stereocenters. The molecule has 1 saturated heterocycles. The summed E-state index contributed by atoms with van der Waals surface area (Å²) in [6.07, 6.45) is -5.50. The monoisotopic (exact) mass is 524 g/mol. The first-order valence-electron chi connectivity index (χ1n) is 12.2. The number of benzene rings is 3. The predicted molar refractivity (Wildman–Crippen MR) is 137 cm³/mol. The van der Waals surface area contributed by atoms with E-state index in [9.17, 15) is 15.0 Å². The molecule has 9 heteroatoms. The molecule has 38 heavy (non-hydrogen) atoms. The Morgan fingerprint density at radius 2 is 1.29 bits per heavy atom. The Morgan fingerprint density at radius 1 is 0.763 bits per heavy atom. The highest BCUT2D eigenvalue weighted by Gasteiger charge is 2.49. The Bertz CT molecular complexity index is 1130. The van der Waals surface area contributed by atoms with E-state index in [0.717, 1.165) is 11.1 Å². The lowest BCUT2D eigenvalue weighted by molar-refractivity contribution is -0.304. The third kappa shape index (κ3) is 6.89. The van der Waals surface area contributed by atoms with Crippen molar-refractivity contribution < 1.29 is 43.4 Å². The number of aliphatic hydroxyl groups is 2. The van der Waals surface area contributed by atoms with E-state index in [1.165, 1.54) is 0 Å². The summed E-state index contributed by atoms with van der Waals surface area (Å²) in [4.78, 5) is 12.9. The van der Waals surface area contributed by atoms with Crippen molar-refractivity contribution >= 4 is 5.97 Å². The second-order valence-corrected chi connectivity index (χ2v) is 8.73. The van der Waals surface area contributed by atoms with Crippen LogP contribution in [0.25, 0.3) is 0 Å². The maximum absolute atomic E-state index is 12.9. The first kappa shape index (κ1) is 27.6. The van der Waals surface area contributed by atoms with Gasteiger partial charge in [0.05, 0.1) is 39.6 Å². The Kier molecular flexibility index (Phi) is 9.69. The van der Waals surface area contributed by atoms with Crippen molar-refractivity contribution in [2.24, 2.45) is 0 Å². The molecule has 0 aromatic heterocycles. The van der Waals surface area contributed by atoms with Crippen molar-refractivity contribution in [1.82, 2.24) is 0 Å². The van der Waals surface area contributed by atoms with Gasteiger partial charge in [0.1, 0.15) is 29.8 Å². The lowest BCUT2D eigenvalue weighted by Crippen LogP contribution is -2.61. The molecule has 9 nitrogen and oxygen atoms in total. The van der Waals surface area contributed by atoms with E-state index in [0.29, 0.717) is 17.1 Å². The van der Waals surface area contributed by atoms with Crippen molar-refractivity contribution in [3.8, 4) is 11.5 Å². The van der Waals surface area contributed by atoms with Gasteiger partial charge in [-0.1, -0.05) is 42.5 Å². The Balaban J connectivity index is 1.57. The fourth-order valence-electron chi connectivity index (χ4n) is 4.15. The van der Waals surface area contributed by atoms with Crippen molar-refractivity contribution in [3.63, 3.8) is 0 Å². The molecule has 3 aromatic rings. The number of methoxy groups -OCH3 is 2. The molecule has 0 spiro atoms. The molecule has 202 valence electrons. The van der Waals surface area contributed by atoms with E-state index in [2.05, 4.69) is 0 Å². The van der Waals surface area contributed by atoms with Crippen LogP contribution in [0.2, 0.25) is 0 Å². The van der Waals surface area contributed by atoms with Gasteiger partial charge in [0.2, 0.25) is 0 Å². The van der Waals surface area contributed by atoms with Gasteiger partial charge in [0.15, 0.2) is 12.4 Å². The van der Waals surface area contributed by atoms with Gasteiger partial charge in [-0.2, -0.15) is 0 Å². The zero-order valence-electron chi connectivity index (χ0n) is 21.3. The van der Waals surface area contributed by atoms with Gasteiger partial charge in [0, 0.05) is 0 Å². The molecule has 4 rings (SSSR count). The van der Waals surface area contributed by atoms with Gasteiger partial charge in [0.25, 0.3) is 0 Å². The molecule has 1 aliphatic heterocycles. The standard InChI is InChI=1S/C29H32O9/c1-33-22-12-8-19(9-13-22)17-35-25-24(16-30)37-29(32)27(38-28(31)21-6-4-3-5-7-21)26(25)36-18-20-10-14-23(34-2)15-11-20/h3-15,24-27,29-30,32H,16-18H2,1-2H3/t24-,25-,26+,27-,29-/m1/s1. The summed E-state index contributed by atoms with van der Waals surface area (Å²) in [6.45, 7) is -0.153. The second-order valence-electron chi connectivity index (χ2n) is 8.73. The average Bonchev–Trinajstić information content (AvgIpc) is 2.97. The molecule has 1 fully saturated rings. The minimum atomic E-state index is -1.54. The molecular formula is C29H32O9. The molecule has 1 heterocycles. The van der Waals surface area contributed by atoms with E-state index in [-0.39, 0.29) is 13.2 Å². The predicted octanol–water partition coefficient (Wildman–Crippen LogP) is 3.11.